The molecule has 8 nitrogen and oxygen atoms in total. The van der Waals surface area contributed by atoms with Crippen LogP contribution in [0.25, 0.3) is 5.57 Å². The molecule has 294 valence electrons. The lowest BCUT2D eigenvalue weighted by Gasteiger charge is -2.55. The number of allylic oxidation sites excluding steroid dienone is 4. The predicted octanol–water partition coefficient (Wildman–Crippen LogP) is 8.55. The van der Waals surface area contributed by atoms with Crippen LogP contribution in [0.2, 0.25) is 0 Å². The van der Waals surface area contributed by atoms with E-state index in [0.29, 0.717) is 27.8 Å². The van der Waals surface area contributed by atoms with Gasteiger partial charge in [0.25, 0.3) is 0 Å². The number of aromatic hydroxyl groups is 1. The van der Waals surface area contributed by atoms with E-state index in [1.54, 1.807) is 109 Å². The van der Waals surface area contributed by atoms with Crippen molar-refractivity contribution in [2.75, 3.05) is 4.90 Å². The van der Waals surface area contributed by atoms with Gasteiger partial charge >= 0.3 is 6.36 Å². The number of amides is 2. The number of phenolic OH excluding ortho intramolecular Hbond substituents is 1. The minimum Gasteiger partial charge on any atom is -0.508 e. The summed E-state index contributed by atoms with van der Waals surface area (Å²) in [5.41, 5.74) is 0.681. The molecule has 11 heteroatoms. The van der Waals surface area contributed by atoms with Gasteiger partial charge in [-0.3, -0.25) is 28.9 Å². The van der Waals surface area contributed by atoms with Crippen LogP contribution in [-0.2, 0) is 24.6 Å². The lowest BCUT2D eigenvalue weighted by molar-refractivity contribution is -0.274. The average Bonchev–Trinajstić information content (AvgIpc) is 3.51. The zero-order valence-corrected chi connectivity index (χ0v) is 31.1. The van der Waals surface area contributed by atoms with Crippen LogP contribution in [0.3, 0.4) is 0 Å². The molecule has 59 heavy (non-hydrogen) atoms. The molecule has 0 radical (unpaired) electrons. The van der Waals surface area contributed by atoms with Crippen molar-refractivity contribution in [1.82, 2.24) is 0 Å². The molecule has 1 saturated heterocycles. The first-order chi connectivity index (χ1) is 28.4. The number of ether oxygens (including phenoxy) is 1. The Hall–Kier alpha value is -6.88. The number of fused-ring (bicyclic) bond motifs is 4. The van der Waals surface area contributed by atoms with E-state index in [0.717, 1.165) is 23.1 Å². The highest BCUT2D eigenvalue weighted by Gasteiger charge is 2.66. The molecule has 9 rings (SSSR count). The summed E-state index contributed by atoms with van der Waals surface area (Å²) in [6.45, 7) is 0. The van der Waals surface area contributed by atoms with E-state index in [1.165, 1.54) is 18.2 Å². The topological polar surface area (TPSA) is 118 Å². The third-order valence-corrected chi connectivity index (χ3v) is 12.3. The summed E-state index contributed by atoms with van der Waals surface area (Å²) in [7, 11) is 0. The number of ketones is 3. The van der Waals surface area contributed by atoms with Gasteiger partial charge in [0.15, 0.2) is 17.3 Å². The summed E-state index contributed by atoms with van der Waals surface area (Å²) < 4.78 is 45.3. The second-order valence-electron chi connectivity index (χ2n) is 15.3. The number of carbonyl (C=O) groups excluding carboxylic acids is 5. The molecule has 5 aromatic rings. The van der Waals surface area contributed by atoms with Crippen LogP contribution in [-0.4, -0.2) is 40.6 Å². The number of phenols is 1. The second-order valence-corrected chi connectivity index (χ2v) is 15.3. The van der Waals surface area contributed by atoms with Crippen molar-refractivity contribution in [1.29, 1.82) is 0 Å². The van der Waals surface area contributed by atoms with Crippen LogP contribution in [0.15, 0.2) is 151 Å². The number of Topliss-reactive ketones (excluding diaryl/α,β-unsaturated/α-hetero) is 1. The molecule has 1 N–H and O–H groups in total. The highest BCUT2D eigenvalue weighted by Crippen LogP contribution is 2.64. The SMILES string of the molecule is O=C(c1ccccc1)c1ccc(N2C(=O)[C@H]3[C@H](CC=C4[C@H]3C[C@H]3C(=O)C(c5ccccc5)=CC(=O)[C@@]3(c3ccccc3)[C@H]4c3cc(OC(F)(F)F)ccc3O)C2=O)cc1. The highest BCUT2D eigenvalue weighted by molar-refractivity contribution is 6.32. The minimum atomic E-state index is -5.09. The number of hydrogen-bond donors (Lipinski definition) is 1. The fourth-order valence-corrected chi connectivity index (χ4v) is 9.95. The number of hydrogen-bond acceptors (Lipinski definition) is 7. The molecule has 2 amide bonds. The molecule has 0 spiro atoms. The number of imide groups is 1. The van der Waals surface area contributed by atoms with Crippen LogP contribution < -0.4 is 9.64 Å². The summed E-state index contributed by atoms with van der Waals surface area (Å²) in [6.07, 6.45) is -2.06. The van der Waals surface area contributed by atoms with Gasteiger partial charge < -0.3 is 9.84 Å². The van der Waals surface area contributed by atoms with Crippen LogP contribution in [0.1, 0.15) is 51.4 Å². The molecule has 4 aliphatic rings. The van der Waals surface area contributed by atoms with E-state index >= 15 is 9.59 Å². The molecule has 1 heterocycles. The zero-order valence-electron chi connectivity index (χ0n) is 31.1. The first-order valence-electron chi connectivity index (χ1n) is 19.2. The molecular weight excluding hydrogens is 760 g/mol. The zero-order chi connectivity index (χ0) is 41.2. The molecule has 1 saturated carbocycles. The van der Waals surface area contributed by atoms with Gasteiger partial charge in [0.2, 0.25) is 11.8 Å². The van der Waals surface area contributed by atoms with Gasteiger partial charge in [-0.25, -0.2) is 0 Å². The Balaban J connectivity index is 1.20. The minimum absolute atomic E-state index is 0.0426. The van der Waals surface area contributed by atoms with E-state index in [9.17, 15) is 32.7 Å². The number of halogens is 3. The van der Waals surface area contributed by atoms with Crippen molar-refractivity contribution < 1.29 is 47.0 Å². The Morgan fingerprint density at radius 3 is 2.03 bits per heavy atom. The number of benzene rings is 5. The molecule has 2 fully saturated rings. The van der Waals surface area contributed by atoms with Gasteiger partial charge in [0.05, 0.1) is 22.9 Å². The molecule has 1 aliphatic heterocycles. The summed E-state index contributed by atoms with van der Waals surface area (Å²) in [4.78, 5) is 73.6. The van der Waals surface area contributed by atoms with Crippen LogP contribution >= 0.6 is 0 Å². The third kappa shape index (κ3) is 6.11. The predicted molar refractivity (Wildman–Crippen MR) is 210 cm³/mol. The number of alkyl halides is 3. The molecule has 0 unspecified atom stereocenters. The number of nitrogens with zero attached hydrogens (tertiary/aromatic N) is 1. The van der Waals surface area contributed by atoms with Crippen molar-refractivity contribution in [3.05, 3.63) is 179 Å². The first-order valence-corrected chi connectivity index (χ1v) is 19.2. The Morgan fingerprint density at radius 1 is 0.746 bits per heavy atom. The van der Waals surface area contributed by atoms with E-state index in [-0.39, 0.29) is 35.4 Å². The summed E-state index contributed by atoms with van der Waals surface area (Å²) in [5.74, 6) is -8.45. The lowest BCUT2D eigenvalue weighted by Crippen LogP contribution is -2.58. The van der Waals surface area contributed by atoms with Crippen LogP contribution in [0.5, 0.6) is 11.5 Å². The van der Waals surface area contributed by atoms with E-state index in [1.807, 2.05) is 0 Å². The maximum atomic E-state index is 15.2. The fourth-order valence-electron chi connectivity index (χ4n) is 9.95. The quantitative estimate of drug-likeness (QED) is 0.0997. The Kier molecular flexibility index (Phi) is 9.06. The largest absolute Gasteiger partial charge is 0.573 e. The van der Waals surface area contributed by atoms with Gasteiger partial charge in [-0.15, -0.1) is 13.2 Å². The molecule has 6 atom stereocenters. The van der Waals surface area contributed by atoms with Crippen molar-refractivity contribution >= 4 is 40.4 Å². The monoisotopic (exact) mass is 793 g/mol. The van der Waals surface area contributed by atoms with Crippen molar-refractivity contribution in [2.24, 2.45) is 23.7 Å². The van der Waals surface area contributed by atoms with Crippen LogP contribution in [0.4, 0.5) is 18.9 Å². The van der Waals surface area contributed by atoms with Crippen molar-refractivity contribution in [2.45, 2.75) is 30.5 Å². The Labute approximate surface area is 336 Å². The summed E-state index contributed by atoms with van der Waals surface area (Å²) in [5, 5.41) is 11.6. The number of carbonyl (C=O) groups is 5. The molecular formula is C48H34F3NO7. The molecule has 3 aliphatic carbocycles. The fraction of sp³-hybridized carbons (Fsp3) is 0.188. The smallest absolute Gasteiger partial charge is 0.508 e. The van der Waals surface area contributed by atoms with Gasteiger partial charge in [0.1, 0.15) is 11.5 Å². The van der Waals surface area contributed by atoms with Crippen LogP contribution in [0, 0.1) is 23.7 Å². The van der Waals surface area contributed by atoms with E-state index in [4.69, 9.17) is 0 Å². The maximum Gasteiger partial charge on any atom is 0.573 e. The second kappa shape index (κ2) is 14.2. The first kappa shape index (κ1) is 37.7. The van der Waals surface area contributed by atoms with E-state index < -0.39 is 76.2 Å². The van der Waals surface area contributed by atoms with E-state index in [2.05, 4.69) is 4.74 Å². The van der Waals surface area contributed by atoms with Gasteiger partial charge in [-0.2, -0.15) is 0 Å². The lowest BCUT2D eigenvalue weighted by atomic mass is 9.44. The molecule has 0 bridgehead atoms. The van der Waals surface area contributed by atoms with Crippen molar-refractivity contribution in [3.8, 4) is 11.5 Å². The number of rotatable bonds is 7. The maximum absolute atomic E-state index is 15.2. The Bertz CT molecular complexity index is 2600. The standard InChI is InChI=1S/C48H34F3NO7/c49-48(50,51)59-32-20-23-39(53)37(24-32)42-33-21-22-34-41(46(58)52(45(34)57)31-18-16-29(17-19-31)43(55)28-12-6-2-7-13-28)36(33)25-38-44(56)35(27-10-4-1-5-11-27)26-40(54)47(38,42)30-14-8-3-9-15-30/h1-21,23-24,26,34,36,38,41-42,53H,22,25H2/t34-,36+,38-,41-,42+,47-/m0/s1. The number of anilines is 1. The van der Waals surface area contributed by atoms with Gasteiger partial charge in [0, 0.05) is 34.1 Å². The summed E-state index contributed by atoms with van der Waals surface area (Å²) >= 11 is 0. The highest BCUT2D eigenvalue weighted by atomic mass is 19.4. The van der Waals surface area contributed by atoms with Gasteiger partial charge in [-0.1, -0.05) is 103 Å². The molecule has 5 aromatic carbocycles. The van der Waals surface area contributed by atoms with Crippen molar-refractivity contribution in [3.63, 3.8) is 0 Å². The van der Waals surface area contributed by atoms with Gasteiger partial charge in [-0.05, 0) is 78.4 Å². The Morgan fingerprint density at radius 2 is 1.37 bits per heavy atom. The third-order valence-electron chi connectivity index (χ3n) is 12.3. The summed E-state index contributed by atoms with van der Waals surface area (Å²) in [6, 6.07) is 35.0. The average molecular weight is 794 g/mol. The normalized spacial score (nSPS) is 25.1. The molecule has 0 aromatic heterocycles.